The zero-order valence-electron chi connectivity index (χ0n) is 36.2. The number of carboxylic acid groups (broad SMARTS) is 1. The molecule has 2 unspecified atom stereocenters. The van der Waals surface area contributed by atoms with Gasteiger partial charge in [0.2, 0.25) is 0 Å². The monoisotopic (exact) mass is 788 g/mol. The predicted molar refractivity (Wildman–Crippen MR) is 228 cm³/mol. The predicted octanol–water partition coefficient (Wildman–Crippen LogP) is 10.0. The van der Waals surface area contributed by atoms with Crippen LogP contribution in [-0.2, 0) is 33.3 Å². The Bertz CT molecular complexity index is 1100. The summed E-state index contributed by atoms with van der Waals surface area (Å²) in [5, 5.41) is 11.7. The van der Waals surface area contributed by atoms with E-state index in [0.717, 1.165) is 96.3 Å². The van der Waals surface area contributed by atoms with Gasteiger partial charge in [-0.25, -0.2) is 0 Å². The molecule has 9 nitrogen and oxygen atoms in total. The Balaban J connectivity index is 4.50. The number of unbranched alkanes of at least 4 members (excludes halogenated alkanes) is 14. The van der Waals surface area contributed by atoms with E-state index in [-0.39, 0.29) is 38.6 Å². The first-order valence-corrected chi connectivity index (χ1v) is 21.9. The number of hydrogen-bond acceptors (Lipinski definition) is 8. The number of carboxylic acids is 1. The van der Waals surface area contributed by atoms with Gasteiger partial charge in [0, 0.05) is 12.8 Å². The normalized spacial score (nSPS) is 13.5. The van der Waals surface area contributed by atoms with Crippen LogP contribution in [0, 0.1) is 0 Å². The Kier molecular flexibility index (Phi) is 36.8. The van der Waals surface area contributed by atoms with Crippen molar-refractivity contribution in [3.63, 3.8) is 0 Å². The summed E-state index contributed by atoms with van der Waals surface area (Å²) in [7, 11) is 5.89. The maximum absolute atomic E-state index is 12.7. The van der Waals surface area contributed by atoms with Crippen LogP contribution in [0.3, 0.4) is 0 Å². The molecule has 0 aliphatic rings. The largest absolute Gasteiger partial charge is 0.545 e. The van der Waals surface area contributed by atoms with Crippen molar-refractivity contribution in [1.29, 1.82) is 0 Å². The highest BCUT2D eigenvalue weighted by Gasteiger charge is 2.21. The first kappa shape index (κ1) is 53.0. The Morgan fingerprint density at radius 1 is 0.554 bits per heavy atom. The van der Waals surface area contributed by atoms with Gasteiger partial charge in [-0.05, 0) is 70.6 Å². The third-order valence-corrected chi connectivity index (χ3v) is 9.00. The topological polar surface area (TPSA) is 111 Å². The van der Waals surface area contributed by atoms with Crippen LogP contribution in [0.5, 0.6) is 0 Å². The number of quaternary nitrogens is 1. The van der Waals surface area contributed by atoms with Crippen LogP contribution in [0.15, 0.2) is 60.8 Å². The van der Waals surface area contributed by atoms with E-state index in [2.05, 4.69) is 74.6 Å². The quantitative estimate of drug-likeness (QED) is 0.0199. The average Bonchev–Trinajstić information content (AvgIpc) is 3.15. The molecule has 322 valence electrons. The molecule has 0 aliphatic carbocycles. The highest BCUT2D eigenvalue weighted by molar-refractivity contribution is 5.70. The van der Waals surface area contributed by atoms with Gasteiger partial charge >= 0.3 is 11.9 Å². The number of aliphatic carboxylic acids is 1. The third-order valence-electron chi connectivity index (χ3n) is 9.00. The van der Waals surface area contributed by atoms with Gasteiger partial charge in [0.05, 0.1) is 40.3 Å². The minimum Gasteiger partial charge on any atom is -0.545 e. The fourth-order valence-electron chi connectivity index (χ4n) is 5.56. The van der Waals surface area contributed by atoms with E-state index in [1.807, 2.05) is 21.1 Å². The maximum atomic E-state index is 12.7. The molecule has 0 amide bonds. The molecule has 0 aromatic carbocycles. The van der Waals surface area contributed by atoms with Crippen molar-refractivity contribution in [2.45, 2.75) is 174 Å². The molecular formula is C47H81NO8. The number of likely N-dealkylation sites (N-methyl/N-ethyl adjacent to an activating group) is 1. The molecule has 0 heterocycles. The zero-order chi connectivity index (χ0) is 41.4. The van der Waals surface area contributed by atoms with Gasteiger partial charge in [-0.1, -0.05) is 139 Å². The van der Waals surface area contributed by atoms with E-state index in [1.165, 1.54) is 32.1 Å². The summed E-state index contributed by atoms with van der Waals surface area (Å²) >= 11 is 0. The van der Waals surface area contributed by atoms with Crippen LogP contribution in [0.4, 0.5) is 0 Å². The van der Waals surface area contributed by atoms with Crippen LogP contribution in [0.1, 0.15) is 162 Å². The van der Waals surface area contributed by atoms with E-state index in [9.17, 15) is 19.5 Å². The summed E-state index contributed by atoms with van der Waals surface area (Å²) in [5.41, 5.74) is 0. The van der Waals surface area contributed by atoms with Crippen LogP contribution in [0.25, 0.3) is 0 Å². The average molecular weight is 788 g/mol. The van der Waals surface area contributed by atoms with Gasteiger partial charge in [-0.2, -0.15) is 0 Å². The van der Waals surface area contributed by atoms with Gasteiger partial charge in [-0.15, -0.1) is 0 Å². The zero-order valence-corrected chi connectivity index (χ0v) is 36.2. The van der Waals surface area contributed by atoms with Crippen molar-refractivity contribution >= 4 is 17.9 Å². The number of nitrogens with zero attached hydrogens (tertiary/aromatic N) is 1. The summed E-state index contributed by atoms with van der Waals surface area (Å²) in [6.45, 7) is 4.54. The summed E-state index contributed by atoms with van der Waals surface area (Å²) in [4.78, 5) is 36.9. The van der Waals surface area contributed by atoms with E-state index >= 15 is 0 Å². The number of carbonyl (C=O) groups is 3. The van der Waals surface area contributed by atoms with Crippen LogP contribution in [-0.4, -0.2) is 82.3 Å². The number of carbonyl (C=O) groups excluding carboxylic acids is 3. The first-order valence-electron chi connectivity index (χ1n) is 21.9. The van der Waals surface area contributed by atoms with Crippen molar-refractivity contribution in [3.05, 3.63) is 60.8 Å². The molecule has 0 saturated carbocycles. The van der Waals surface area contributed by atoms with E-state index in [4.69, 9.17) is 18.9 Å². The van der Waals surface area contributed by atoms with Crippen LogP contribution >= 0.6 is 0 Å². The molecule has 0 N–H and O–H groups in total. The smallest absolute Gasteiger partial charge is 0.306 e. The number of hydrogen-bond donors (Lipinski definition) is 0. The molecule has 0 radical (unpaired) electrons. The highest BCUT2D eigenvalue weighted by Crippen LogP contribution is 2.13. The number of allylic oxidation sites excluding steroid dienone is 10. The molecule has 2 atom stereocenters. The minimum absolute atomic E-state index is 0.140. The molecule has 0 aliphatic heterocycles. The van der Waals surface area contributed by atoms with E-state index in [0.29, 0.717) is 17.4 Å². The molecular weight excluding hydrogens is 707 g/mol. The molecule has 0 bridgehead atoms. The lowest BCUT2D eigenvalue weighted by Crippen LogP contribution is -2.44. The summed E-state index contributed by atoms with van der Waals surface area (Å²) in [6.07, 6.45) is 42.4. The van der Waals surface area contributed by atoms with Gasteiger partial charge < -0.3 is 33.3 Å². The first-order chi connectivity index (χ1) is 27.1. The lowest BCUT2D eigenvalue weighted by atomic mass is 10.1. The molecule has 0 aromatic rings. The summed E-state index contributed by atoms with van der Waals surface area (Å²) in [5.74, 6) is -2.33. The van der Waals surface area contributed by atoms with Crippen molar-refractivity contribution in [3.8, 4) is 0 Å². The molecule has 9 heteroatoms. The molecule has 0 aromatic heterocycles. The highest BCUT2D eigenvalue weighted by atomic mass is 16.7. The molecule has 0 rings (SSSR count). The molecule has 0 fully saturated rings. The number of ether oxygens (including phenoxy) is 4. The Labute approximate surface area is 342 Å². The lowest BCUT2D eigenvalue weighted by molar-refractivity contribution is -0.870. The molecule has 0 saturated heterocycles. The van der Waals surface area contributed by atoms with Crippen LogP contribution in [0.2, 0.25) is 0 Å². The molecule has 0 spiro atoms. The van der Waals surface area contributed by atoms with Crippen molar-refractivity contribution in [2.24, 2.45) is 0 Å². The number of esters is 2. The second kappa shape index (κ2) is 38.8. The van der Waals surface area contributed by atoms with Crippen molar-refractivity contribution in [2.75, 3.05) is 47.5 Å². The third kappa shape index (κ3) is 39.2. The Hall–Kier alpha value is -3.01. The second-order valence-electron chi connectivity index (χ2n) is 15.6. The second-order valence-corrected chi connectivity index (χ2v) is 15.6. The summed E-state index contributed by atoms with van der Waals surface area (Å²) < 4.78 is 22.5. The van der Waals surface area contributed by atoms with Gasteiger partial charge in [0.15, 0.2) is 12.4 Å². The van der Waals surface area contributed by atoms with Crippen molar-refractivity contribution in [1.82, 2.24) is 0 Å². The van der Waals surface area contributed by atoms with Crippen molar-refractivity contribution < 1.29 is 42.9 Å². The Morgan fingerprint density at radius 3 is 1.52 bits per heavy atom. The number of rotatable bonds is 39. The molecule has 56 heavy (non-hydrogen) atoms. The van der Waals surface area contributed by atoms with Gasteiger partial charge in [0.25, 0.3) is 0 Å². The SMILES string of the molecule is CC/C=C\C/C=C\C/C=C\CCCCCCCCCC(=O)OC(COC(=O)CCCCCCC/C=C\C/C=C\CCCC)COC(OCC[N+](C)(C)C)C(=O)[O-]. The standard InChI is InChI=1S/C47H81NO8/c1-6-8-10-12-14-16-18-20-22-23-24-26-28-30-32-34-36-38-45(50)56-43(42-55-47(46(51)52)53-40-39-48(3,4)5)41-54-44(49)37-35-33-31-29-27-25-21-19-17-15-13-11-9-7-2/h8,10,13-16,19-22,43,47H,6-7,9,11-12,17-18,23-42H2,1-5H3/b10-8-,15-13-,16-14-,21-19-,22-20-. The minimum atomic E-state index is -1.63. The fraction of sp³-hybridized carbons (Fsp3) is 0.723. The Morgan fingerprint density at radius 2 is 1.02 bits per heavy atom. The fourth-order valence-corrected chi connectivity index (χ4v) is 5.56. The van der Waals surface area contributed by atoms with E-state index < -0.39 is 24.3 Å². The summed E-state index contributed by atoms with van der Waals surface area (Å²) in [6, 6.07) is 0. The van der Waals surface area contributed by atoms with Gasteiger partial charge in [0.1, 0.15) is 13.2 Å². The van der Waals surface area contributed by atoms with E-state index in [1.54, 1.807) is 0 Å². The lowest BCUT2D eigenvalue weighted by Gasteiger charge is -2.26. The van der Waals surface area contributed by atoms with Crippen LogP contribution < -0.4 is 5.11 Å². The maximum Gasteiger partial charge on any atom is 0.306 e. The van der Waals surface area contributed by atoms with Gasteiger partial charge in [-0.3, -0.25) is 9.59 Å².